The van der Waals surface area contributed by atoms with E-state index in [1.807, 2.05) is 6.92 Å². The molecule has 0 aromatic heterocycles. The summed E-state index contributed by atoms with van der Waals surface area (Å²) in [4.78, 5) is 2.40. The van der Waals surface area contributed by atoms with Crippen molar-refractivity contribution in [1.29, 1.82) is 0 Å². The van der Waals surface area contributed by atoms with Crippen LogP contribution in [0.3, 0.4) is 0 Å². The molecule has 1 aliphatic rings. The lowest BCUT2D eigenvalue weighted by Crippen LogP contribution is -2.29. The molecule has 1 fully saturated rings. The molecular weight excluding hydrogens is 200 g/mol. The molecule has 0 saturated heterocycles. The highest BCUT2D eigenvalue weighted by Gasteiger charge is 2.28. The second-order valence-corrected chi connectivity index (χ2v) is 4.46. The Hall–Kier alpha value is -1.22. The Kier molecular flexibility index (Phi) is 3.34. The fraction of sp³-hybridized carbons (Fsp3) is 0.538. The molecule has 1 saturated carbocycles. The van der Waals surface area contributed by atoms with Crippen LogP contribution < -0.4 is 10.6 Å². The fourth-order valence-electron chi connectivity index (χ4n) is 1.90. The second-order valence-electron chi connectivity index (χ2n) is 4.46. The monoisotopic (exact) mass is 220 g/mol. The minimum atomic E-state index is 0.692. The Morgan fingerprint density at radius 3 is 2.75 bits per heavy atom. The van der Waals surface area contributed by atoms with Crippen LogP contribution in [0.5, 0.6) is 0 Å². The lowest BCUT2D eigenvalue weighted by atomic mass is 10.1. The van der Waals surface area contributed by atoms with E-state index in [0.717, 1.165) is 24.4 Å². The first-order valence-corrected chi connectivity index (χ1v) is 5.84. The topological polar surface area (TPSA) is 38.5 Å². The van der Waals surface area contributed by atoms with Gasteiger partial charge in [0.05, 0.1) is 6.61 Å². The number of methoxy groups -OCH3 is 1. The molecule has 1 aromatic carbocycles. The maximum atomic E-state index is 5.95. The highest BCUT2D eigenvalue weighted by atomic mass is 16.5. The number of nitrogen functional groups attached to an aromatic ring is 1. The first-order valence-electron chi connectivity index (χ1n) is 5.84. The van der Waals surface area contributed by atoms with Crippen molar-refractivity contribution in [1.82, 2.24) is 0 Å². The van der Waals surface area contributed by atoms with Crippen molar-refractivity contribution in [3.05, 3.63) is 23.8 Å². The number of ether oxygens (including phenoxy) is 1. The van der Waals surface area contributed by atoms with Gasteiger partial charge in [-0.3, -0.25) is 0 Å². The van der Waals surface area contributed by atoms with E-state index in [0.29, 0.717) is 6.04 Å². The maximum absolute atomic E-state index is 5.95. The van der Waals surface area contributed by atoms with E-state index in [9.17, 15) is 0 Å². The molecule has 0 heterocycles. The SMILES string of the molecule is COCCN(c1ccc(C)c(N)c1)C1CC1. The van der Waals surface area contributed by atoms with Crippen LogP contribution in [0.2, 0.25) is 0 Å². The Morgan fingerprint density at radius 1 is 1.44 bits per heavy atom. The van der Waals surface area contributed by atoms with Gasteiger partial charge in [0.15, 0.2) is 0 Å². The molecule has 0 unspecified atom stereocenters. The molecule has 88 valence electrons. The highest BCUT2D eigenvalue weighted by molar-refractivity contribution is 5.60. The first kappa shape index (κ1) is 11.3. The minimum absolute atomic E-state index is 0.692. The quantitative estimate of drug-likeness (QED) is 0.773. The normalized spacial score (nSPS) is 15.1. The van der Waals surface area contributed by atoms with Crippen molar-refractivity contribution >= 4 is 11.4 Å². The van der Waals surface area contributed by atoms with Gasteiger partial charge in [0.2, 0.25) is 0 Å². The molecule has 16 heavy (non-hydrogen) atoms. The van der Waals surface area contributed by atoms with Crippen LogP contribution in [0.25, 0.3) is 0 Å². The Balaban J connectivity index is 2.14. The lowest BCUT2D eigenvalue weighted by Gasteiger charge is -2.25. The molecule has 2 rings (SSSR count). The van der Waals surface area contributed by atoms with Crippen molar-refractivity contribution in [2.24, 2.45) is 0 Å². The van der Waals surface area contributed by atoms with E-state index in [4.69, 9.17) is 10.5 Å². The van der Waals surface area contributed by atoms with Gasteiger partial charge >= 0.3 is 0 Å². The van der Waals surface area contributed by atoms with E-state index in [1.54, 1.807) is 7.11 Å². The van der Waals surface area contributed by atoms with Crippen molar-refractivity contribution in [3.63, 3.8) is 0 Å². The van der Waals surface area contributed by atoms with Crippen LogP contribution in [0.15, 0.2) is 18.2 Å². The summed E-state index contributed by atoms with van der Waals surface area (Å²) in [5.41, 5.74) is 9.19. The summed E-state index contributed by atoms with van der Waals surface area (Å²) in [5.74, 6) is 0. The zero-order chi connectivity index (χ0) is 11.5. The van der Waals surface area contributed by atoms with Crippen LogP contribution in [0.4, 0.5) is 11.4 Å². The van der Waals surface area contributed by atoms with Crippen LogP contribution in [0.1, 0.15) is 18.4 Å². The van der Waals surface area contributed by atoms with Gasteiger partial charge in [-0.2, -0.15) is 0 Å². The Morgan fingerprint density at radius 2 is 2.19 bits per heavy atom. The maximum Gasteiger partial charge on any atom is 0.0637 e. The summed E-state index contributed by atoms with van der Waals surface area (Å²) in [6.07, 6.45) is 2.58. The Labute approximate surface area is 97.2 Å². The average molecular weight is 220 g/mol. The number of hydrogen-bond acceptors (Lipinski definition) is 3. The molecule has 2 N–H and O–H groups in total. The smallest absolute Gasteiger partial charge is 0.0637 e. The van der Waals surface area contributed by atoms with Crippen LogP contribution >= 0.6 is 0 Å². The zero-order valence-electron chi connectivity index (χ0n) is 10.1. The van der Waals surface area contributed by atoms with Crippen LogP contribution in [-0.4, -0.2) is 26.3 Å². The third-order valence-corrected chi connectivity index (χ3v) is 3.12. The van der Waals surface area contributed by atoms with Gasteiger partial charge in [0.25, 0.3) is 0 Å². The molecule has 1 aliphatic carbocycles. The number of nitrogens with two attached hydrogens (primary N) is 1. The molecule has 0 spiro atoms. The summed E-state index contributed by atoms with van der Waals surface area (Å²) in [6.45, 7) is 3.75. The average Bonchev–Trinajstić information content (AvgIpc) is 3.08. The van der Waals surface area contributed by atoms with Gasteiger partial charge in [0, 0.05) is 31.1 Å². The van der Waals surface area contributed by atoms with Crippen molar-refractivity contribution in [3.8, 4) is 0 Å². The minimum Gasteiger partial charge on any atom is -0.398 e. The predicted octanol–water partition coefficient (Wildman–Crippen LogP) is 2.19. The van der Waals surface area contributed by atoms with E-state index in [1.165, 1.54) is 18.5 Å². The molecule has 0 amide bonds. The molecule has 3 heteroatoms. The van der Waals surface area contributed by atoms with Gasteiger partial charge in [0.1, 0.15) is 0 Å². The van der Waals surface area contributed by atoms with E-state index in [2.05, 4.69) is 23.1 Å². The summed E-state index contributed by atoms with van der Waals surface area (Å²) in [5, 5.41) is 0. The van der Waals surface area contributed by atoms with E-state index < -0.39 is 0 Å². The Bertz CT molecular complexity index is 361. The molecule has 0 bridgehead atoms. The van der Waals surface area contributed by atoms with E-state index in [-0.39, 0.29) is 0 Å². The predicted molar refractivity (Wildman–Crippen MR) is 67.8 cm³/mol. The highest BCUT2D eigenvalue weighted by Crippen LogP contribution is 2.32. The number of aryl methyl sites for hydroxylation is 1. The number of rotatable bonds is 5. The molecule has 0 atom stereocenters. The largest absolute Gasteiger partial charge is 0.398 e. The summed E-state index contributed by atoms with van der Waals surface area (Å²) in [6, 6.07) is 7.01. The van der Waals surface area contributed by atoms with Crippen LogP contribution in [0, 0.1) is 6.92 Å². The molecule has 1 aromatic rings. The second kappa shape index (κ2) is 4.74. The summed E-state index contributed by atoms with van der Waals surface area (Å²) in [7, 11) is 1.74. The zero-order valence-corrected chi connectivity index (χ0v) is 10.1. The third kappa shape index (κ3) is 2.47. The van der Waals surface area contributed by atoms with Crippen molar-refractivity contribution in [2.75, 3.05) is 30.9 Å². The third-order valence-electron chi connectivity index (χ3n) is 3.12. The number of anilines is 2. The molecular formula is C13H20N2O. The van der Waals surface area contributed by atoms with Crippen LogP contribution in [-0.2, 0) is 4.74 Å². The van der Waals surface area contributed by atoms with Crippen molar-refractivity contribution in [2.45, 2.75) is 25.8 Å². The van der Waals surface area contributed by atoms with Gasteiger partial charge in [-0.05, 0) is 37.5 Å². The van der Waals surface area contributed by atoms with Gasteiger partial charge < -0.3 is 15.4 Å². The summed E-state index contributed by atoms with van der Waals surface area (Å²) >= 11 is 0. The number of hydrogen-bond donors (Lipinski definition) is 1. The van der Waals surface area contributed by atoms with Gasteiger partial charge in [-0.15, -0.1) is 0 Å². The number of nitrogens with zero attached hydrogens (tertiary/aromatic N) is 1. The standard InChI is InChI=1S/C13H20N2O/c1-10-3-4-12(9-13(10)14)15(7-8-16-2)11-5-6-11/h3-4,9,11H,5-8,14H2,1-2H3. The summed E-state index contributed by atoms with van der Waals surface area (Å²) < 4.78 is 5.15. The molecule has 3 nitrogen and oxygen atoms in total. The molecule has 0 aliphatic heterocycles. The lowest BCUT2D eigenvalue weighted by molar-refractivity contribution is 0.205. The van der Waals surface area contributed by atoms with Gasteiger partial charge in [-0.25, -0.2) is 0 Å². The van der Waals surface area contributed by atoms with Gasteiger partial charge in [-0.1, -0.05) is 6.07 Å². The molecule has 0 radical (unpaired) electrons. The van der Waals surface area contributed by atoms with Crippen molar-refractivity contribution < 1.29 is 4.74 Å². The number of benzene rings is 1. The first-order chi connectivity index (χ1) is 7.72. The fourth-order valence-corrected chi connectivity index (χ4v) is 1.90. The van der Waals surface area contributed by atoms with E-state index >= 15 is 0 Å².